The number of benzene rings is 1. The van der Waals surface area contributed by atoms with Crippen LogP contribution in [0.15, 0.2) is 18.2 Å². The van der Waals surface area contributed by atoms with Crippen LogP contribution < -0.4 is 10.6 Å². The van der Waals surface area contributed by atoms with Crippen molar-refractivity contribution in [1.29, 1.82) is 0 Å². The first-order valence-electron chi connectivity index (χ1n) is 6.29. The third kappa shape index (κ3) is 3.99. The Morgan fingerprint density at radius 2 is 2.05 bits per heavy atom. The van der Waals surface area contributed by atoms with Crippen LogP contribution in [0.3, 0.4) is 0 Å². The van der Waals surface area contributed by atoms with Gasteiger partial charge < -0.3 is 20.5 Å². The molecule has 2 amide bonds. The van der Waals surface area contributed by atoms with E-state index in [0.29, 0.717) is 36.8 Å². The van der Waals surface area contributed by atoms with E-state index in [0.717, 1.165) is 0 Å². The molecule has 1 aliphatic heterocycles. The number of halogens is 2. The molecule has 0 atom stereocenters. The summed E-state index contributed by atoms with van der Waals surface area (Å²) >= 11 is 11.8. The van der Waals surface area contributed by atoms with Crippen molar-refractivity contribution in [1.82, 2.24) is 5.32 Å². The average Bonchev–Trinajstić information content (AvgIpc) is 2.43. The lowest BCUT2D eigenvalue weighted by Gasteiger charge is -2.32. The number of nitrogens with one attached hydrogen (secondary N) is 2. The molecule has 3 N–H and O–H groups in total. The minimum Gasteiger partial charge on any atom is -0.388 e. The summed E-state index contributed by atoms with van der Waals surface area (Å²) in [5, 5.41) is 16.1. The molecule has 0 radical (unpaired) electrons. The van der Waals surface area contributed by atoms with Crippen LogP contribution in [0.5, 0.6) is 0 Å². The van der Waals surface area contributed by atoms with Crippen LogP contribution in [0.2, 0.25) is 10.0 Å². The third-order valence-corrected chi connectivity index (χ3v) is 4.02. The highest BCUT2D eigenvalue weighted by molar-refractivity contribution is 6.43. The fraction of sp³-hybridized carbons (Fsp3) is 0.462. The van der Waals surface area contributed by atoms with E-state index in [-0.39, 0.29) is 11.6 Å². The molecule has 110 valence electrons. The molecule has 2 rings (SSSR count). The van der Waals surface area contributed by atoms with Gasteiger partial charge in [0.1, 0.15) is 0 Å². The Labute approximate surface area is 127 Å². The van der Waals surface area contributed by atoms with Crippen LogP contribution in [0.25, 0.3) is 0 Å². The number of anilines is 1. The molecule has 0 spiro atoms. The summed E-state index contributed by atoms with van der Waals surface area (Å²) < 4.78 is 5.18. The van der Waals surface area contributed by atoms with E-state index in [1.165, 1.54) is 0 Å². The molecule has 1 fully saturated rings. The molecule has 5 nitrogen and oxygen atoms in total. The topological polar surface area (TPSA) is 70.6 Å². The Morgan fingerprint density at radius 3 is 2.75 bits per heavy atom. The molecule has 7 heteroatoms. The summed E-state index contributed by atoms with van der Waals surface area (Å²) in [6.45, 7) is 1.17. The molecule has 0 bridgehead atoms. The summed E-state index contributed by atoms with van der Waals surface area (Å²) in [5.74, 6) is 0. The van der Waals surface area contributed by atoms with Crippen LogP contribution in [0.4, 0.5) is 10.5 Å². The number of urea groups is 1. The number of ether oxygens (including phenoxy) is 1. The molecule has 0 unspecified atom stereocenters. The fourth-order valence-electron chi connectivity index (χ4n) is 1.94. The van der Waals surface area contributed by atoms with E-state index in [1.807, 2.05) is 0 Å². The summed E-state index contributed by atoms with van der Waals surface area (Å²) in [5.41, 5.74) is -0.482. The summed E-state index contributed by atoms with van der Waals surface area (Å²) in [7, 11) is 0. The monoisotopic (exact) mass is 318 g/mol. The molecule has 0 saturated carbocycles. The Kier molecular flexibility index (Phi) is 5.10. The molecular weight excluding hydrogens is 303 g/mol. The smallest absolute Gasteiger partial charge is 0.319 e. The van der Waals surface area contributed by atoms with Gasteiger partial charge in [0.2, 0.25) is 0 Å². The number of carbonyl (C=O) groups excluding carboxylic acids is 1. The van der Waals surface area contributed by atoms with Crippen molar-refractivity contribution in [3.8, 4) is 0 Å². The quantitative estimate of drug-likeness (QED) is 0.802. The van der Waals surface area contributed by atoms with Crippen LogP contribution in [0.1, 0.15) is 12.8 Å². The first-order chi connectivity index (χ1) is 9.50. The second kappa shape index (κ2) is 6.63. The summed E-state index contributed by atoms with van der Waals surface area (Å²) in [4.78, 5) is 11.8. The Balaban J connectivity index is 1.88. The van der Waals surface area contributed by atoms with E-state index < -0.39 is 11.6 Å². The average molecular weight is 319 g/mol. The zero-order valence-corrected chi connectivity index (χ0v) is 12.3. The standard InChI is InChI=1S/C13H16Cl2N2O3/c14-9-2-1-3-10(11(9)15)17-12(18)16-8-13(19)4-6-20-7-5-13/h1-3,19H,4-8H2,(H2,16,17,18). The van der Waals surface area contributed by atoms with Crippen LogP contribution in [-0.2, 0) is 4.74 Å². The van der Waals surface area contributed by atoms with Crippen molar-refractivity contribution in [2.24, 2.45) is 0 Å². The van der Waals surface area contributed by atoms with Crippen molar-refractivity contribution in [2.75, 3.05) is 25.1 Å². The number of rotatable bonds is 3. The molecule has 0 aliphatic carbocycles. The van der Waals surface area contributed by atoms with Crippen molar-refractivity contribution < 1.29 is 14.6 Å². The normalized spacial score (nSPS) is 17.6. The molecule has 1 aromatic carbocycles. The van der Waals surface area contributed by atoms with Gasteiger partial charge in [0, 0.05) is 32.6 Å². The third-order valence-electron chi connectivity index (χ3n) is 3.20. The number of amides is 2. The van der Waals surface area contributed by atoms with Gasteiger partial charge in [-0.25, -0.2) is 4.79 Å². The maximum absolute atomic E-state index is 11.8. The van der Waals surface area contributed by atoms with Crippen molar-refractivity contribution in [2.45, 2.75) is 18.4 Å². The van der Waals surface area contributed by atoms with Gasteiger partial charge in [0.05, 0.1) is 21.3 Å². The zero-order chi connectivity index (χ0) is 14.6. The highest BCUT2D eigenvalue weighted by Crippen LogP contribution is 2.29. The number of aliphatic hydroxyl groups is 1. The molecule has 1 heterocycles. The molecule has 1 aromatic rings. The molecular formula is C13H16Cl2N2O3. The van der Waals surface area contributed by atoms with Crippen molar-refractivity contribution in [3.05, 3.63) is 28.2 Å². The Hall–Kier alpha value is -1.01. The number of hydrogen-bond acceptors (Lipinski definition) is 3. The van der Waals surface area contributed by atoms with Gasteiger partial charge in [0.25, 0.3) is 0 Å². The molecule has 1 saturated heterocycles. The second-order valence-corrected chi connectivity index (χ2v) is 5.53. The van der Waals surface area contributed by atoms with Crippen molar-refractivity contribution in [3.63, 3.8) is 0 Å². The summed E-state index contributed by atoms with van der Waals surface area (Å²) in [6, 6.07) is 4.54. The molecule has 20 heavy (non-hydrogen) atoms. The zero-order valence-electron chi connectivity index (χ0n) is 10.8. The van der Waals surface area contributed by atoms with Crippen LogP contribution >= 0.6 is 23.2 Å². The molecule has 0 aromatic heterocycles. The van der Waals surface area contributed by atoms with Gasteiger partial charge in [-0.05, 0) is 12.1 Å². The highest BCUT2D eigenvalue weighted by atomic mass is 35.5. The maximum atomic E-state index is 11.8. The van der Waals surface area contributed by atoms with Gasteiger partial charge >= 0.3 is 6.03 Å². The van der Waals surface area contributed by atoms with Crippen LogP contribution in [0, 0.1) is 0 Å². The highest BCUT2D eigenvalue weighted by Gasteiger charge is 2.30. The van der Waals surface area contributed by atoms with E-state index >= 15 is 0 Å². The maximum Gasteiger partial charge on any atom is 0.319 e. The van der Waals surface area contributed by atoms with E-state index in [2.05, 4.69) is 10.6 Å². The predicted molar refractivity (Wildman–Crippen MR) is 78.5 cm³/mol. The van der Waals surface area contributed by atoms with Gasteiger partial charge in [-0.3, -0.25) is 0 Å². The largest absolute Gasteiger partial charge is 0.388 e. The number of hydrogen-bond donors (Lipinski definition) is 3. The minimum absolute atomic E-state index is 0.167. The van der Waals surface area contributed by atoms with Crippen molar-refractivity contribution >= 4 is 34.9 Å². The number of carbonyl (C=O) groups is 1. The first kappa shape index (κ1) is 15.4. The summed E-state index contributed by atoms with van der Waals surface area (Å²) in [6.07, 6.45) is 1.01. The van der Waals surface area contributed by atoms with E-state index in [4.69, 9.17) is 27.9 Å². The van der Waals surface area contributed by atoms with Gasteiger partial charge in [0.15, 0.2) is 0 Å². The first-order valence-corrected chi connectivity index (χ1v) is 7.05. The van der Waals surface area contributed by atoms with Crippen LogP contribution in [-0.4, -0.2) is 36.5 Å². The predicted octanol–water partition coefficient (Wildman–Crippen LogP) is 2.66. The van der Waals surface area contributed by atoms with Gasteiger partial charge in [-0.15, -0.1) is 0 Å². The molecule has 1 aliphatic rings. The fourth-order valence-corrected chi connectivity index (χ4v) is 2.29. The Morgan fingerprint density at radius 1 is 1.35 bits per heavy atom. The lowest BCUT2D eigenvalue weighted by molar-refractivity contribution is -0.0598. The van der Waals surface area contributed by atoms with E-state index in [9.17, 15) is 9.90 Å². The second-order valence-electron chi connectivity index (χ2n) is 4.75. The van der Waals surface area contributed by atoms with E-state index in [1.54, 1.807) is 18.2 Å². The van der Waals surface area contributed by atoms with Gasteiger partial charge in [-0.1, -0.05) is 29.3 Å². The Bertz CT molecular complexity index is 491. The lowest BCUT2D eigenvalue weighted by atomic mass is 9.94. The van der Waals surface area contributed by atoms with Gasteiger partial charge in [-0.2, -0.15) is 0 Å². The SMILES string of the molecule is O=C(NCC1(O)CCOCC1)Nc1cccc(Cl)c1Cl. The minimum atomic E-state index is -0.909. The lowest BCUT2D eigenvalue weighted by Crippen LogP contribution is -2.47.